The van der Waals surface area contributed by atoms with Gasteiger partial charge in [-0.1, -0.05) is 0 Å². The van der Waals surface area contributed by atoms with Gasteiger partial charge in [-0.25, -0.2) is 9.97 Å². The molecule has 7 nitrogen and oxygen atoms in total. The monoisotopic (exact) mass is 417 g/mol. The highest BCUT2D eigenvalue weighted by atomic mass is 19.4. The van der Waals surface area contributed by atoms with E-state index in [1.165, 1.54) is 6.20 Å². The maximum atomic E-state index is 13.2. The molecule has 5 heterocycles. The van der Waals surface area contributed by atoms with E-state index in [1.54, 1.807) is 6.20 Å². The number of nitrogens with zero attached hydrogens (tertiary/aromatic N) is 6. The average Bonchev–Trinajstić information content (AvgIpc) is 3.44. The number of alkyl halides is 3. The second-order valence-corrected chi connectivity index (χ2v) is 8.24. The molecule has 0 aliphatic carbocycles. The first kappa shape index (κ1) is 19.1. The number of hydrogen-bond donors (Lipinski definition) is 1. The molecule has 1 saturated heterocycles. The molecule has 5 rings (SSSR count). The normalized spacial score (nSPS) is 21.6. The van der Waals surface area contributed by atoms with Gasteiger partial charge in [0.2, 0.25) is 0 Å². The van der Waals surface area contributed by atoms with Gasteiger partial charge in [0.25, 0.3) is 0 Å². The Labute approximate surface area is 171 Å². The summed E-state index contributed by atoms with van der Waals surface area (Å²) in [7, 11) is 1.99. The molecule has 2 aliphatic rings. The summed E-state index contributed by atoms with van der Waals surface area (Å²) in [4.78, 5) is 10.5. The number of hydrogen-bond acceptors (Lipinski definition) is 5. The van der Waals surface area contributed by atoms with E-state index < -0.39 is 17.6 Å². The molecule has 3 aromatic rings. The molecule has 1 spiro atoms. The number of nitrogens with two attached hydrogens (primary N) is 1. The number of rotatable bonds is 3. The lowest BCUT2D eigenvalue weighted by Crippen LogP contribution is -2.29. The molecule has 2 aliphatic heterocycles. The van der Waals surface area contributed by atoms with E-state index in [-0.39, 0.29) is 5.41 Å². The summed E-state index contributed by atoms with van der Waals surface area (Å²) in [6.07, 6.45) is 2.53. The molecule has 10 heteroatoms. The van der Waals surface area contributed by atoms with Gasteiger partial charge in [-0.3, -0.25) is 9.58 Å². The molecule has 1 atom stereocenters. The summed E-state index contributed by atoms with van der Waals surface area (Å²) < 4.78 is 43.6. The Balaban J connectivity index is 1.42. The summed E-state index contributed by atoms with van der Waals surface area (Å²) in [5, 5.41) is 4.58. The predicted molar refractivity (Wildman–Crippen MR) is 104 cm³/mol. The lowest BCUT2D eigenvalue weighted by atomic mass is 9.82. The van der Waals surface area contributed by atoms with Crippen LogP contribution in [0.5, 0.6) is 0 Å². The molecule has 30 heavy (non-hydrogen) atoms. The number of pyridine rings is 1. The van der Waals surface area contributed by atoms with E-state index in [0.717, 1.165) is 56.6 Å². The van der Waals surface area contributed by atoms with E-state index >= 15 is 0 Å². The van der Waals surface area contributed by atoms with Crippen LogP contribution in [0, 0.1) is 0 Å². The first-order valence-electron chi connectivity index (χ1n) is 9.85. The average molecular weight is 417 g/mol. The number of imidazole rings is 1. The summed E-state index contributed by atoms with van der Waals surface area (Å²) >= 11 is 0. The zero-order valence-corrected chi connectivity index (χ0v) is 16.5. The summed E-state index contributed by atoms with van der Waals surface area (Å²) in [5.41, 5.74) is 6.41. The predicted octanol–water partition coefficient (Wildman–Crippen LogP) is 2.83. The summed E-state index contributed by atoms with van der Waals surface area (Å²) in [5.74, 6) is 0.502. The fourth-order valence-corrected chi connectivity index (χ4v) is 4.70. The molecular weight excluding hydrogens is 395 g/mol. The van der Waals surface area contributed by atoms with Crippen LogP contribution in [-0.2, 0) is 31.7 Å². The van der Waals surface area contributed by atoms with Crippen molar-refractivity contribution in [1.82, 2.24) is 29.2 Å². The van der Waals surface area contributed by atoms with Crippen molar-refractivity contribution >= 4 is 5.82 Å². The molecule has 1 fully saturated rings. The maximum absolute atomic E-state index is 13.2. The van der Waals surface area contributed by atoms with Crippen molar-refractivity contribution in [2.75, 3.05) is 18.8 Å². The molecule has 3 aromatic heterocycles. The van der Waals surface area contributed by atoms with Crippen molar-refractivity contribution in [2.45, 2.75) is 37.5 Å². The maximum Gasteiger partial charge on any atom is 0.419 e. The fourth-order valence-electron chi connectivity index (χ4n) is 4.70. The number of aryl methyl sites for hydroxylation is 2. The Morgan fingerprint density at radius 1 is 1.17 bits per heavy atom. The number of fused-ring (bicyclic) bond motifs is 2. The van der Waals surface area contributed by atoms with Crippen molar-refractivity contribution in [1.29, 1.82) is 0 Å². The van der Waals surface area contributed by atoms with Crippen molar-refractivity contribution in [3.8, 4) is 11.3 Å². The van der Waals surface area contributed by atoms with Crippen molar-refractivity contribution in [2.24, 2.45) is 7.05 Å². The van der Waals surface area contributed by atoms with Crippen LogP contribution < -0.4 is 5.73 Å². The highest BCUT2D eigenvalue weighted by molar-refractivity contribution is 5.63. The lowest BCUT2D eigenvalue weighted by Gasteiger charge is -2.23. The van der Waals surface area contributed by atoms with Crippen molar-refractivity contribution in [3.05, 3.63) is 47.8 Å². The minimum absolute atomic E-state index is 0.0233. The van der Waals surface area contributed by atoms with E-state index in [0.29, 0.717) is 11.3 Å². The second kappa shape index (κ2) is 6.56. The van der Waals surface area contributed by atoms with Gasteiger partial charge in [0, 0.05) is 55.4 Å². The number of halogens is 3. The van der Waals surface area contributed by atoms with Gasteiger partial charge in [-0.05, 0) is 31.5 Å². The Morgan fingerprint density at radius 3 is 2.70 bits per heavy atom. The molecule has 0 aromatic carbocycles. The highest BCUT2D eigenvalue weighted by Crippen LogP contribution is 2.44. The van der Waals surface area contributed by atoms with Gasteiger partial charge in [0.1, 0.15) is 11.6 Å². The number of likely N-dealkylation sites (tertiary alicyclic amines) is 1. The highest BCUT2D eigenvalue weighted by Gasteiger charge is 2.46. The van der Waals surface area contributed by atoms with Crippen LogP contribution in [0.1, 0.15) is 29.9 Å². The van der Waals surface area contributed by atoms with E-state index in [1.807, 2.05) is 28.6 Å². The molecule has 0 saturated carbocycles. The zero-order valence-electron chi connectivity index (χ0n) is 16.5. The lowest BCUT2D eigenvalue weighted by molar-refractivity contribution is -0.137. The van der Waals surface area contributed by atoms with Crippen LogP contribution in [0.2, 0.25) is 0 Å². The van der Waals surface area contributed by atoms with Gasteiger partial charge in [-0.2, -0.15) is 18.3 Å². The minimum Gasteiger partial charge on any atom is -0.383 e. The van der Waals surface area contributed by atoms with Crippen molar-refractivity contribution in [3.63, 3.8) is 0 Å². The summed E-state index contributed by atoms with van der Waals surface area (Å²) in [6.45, 7) is 3.39. The molecule has 158 valence electrons. The van der Waals surface area contributed by atoms with E-state index in [9.17, 15) is 13.2 Å². The Bertz CT molecular complexity index is 1100. The SMILES string of the molecule is Cn1ccnc1CN1CC[C@@]2(CCn3nc(-c4cnc(N)c(C(F)(F)F)c4)cc32)C1. The standard InChI is InChI=1S/C20H22F3N7/c1-28-7-4-25-17(28)11-29-5-2-19(12-29)3-6-30-16(19)9-15(27-30)13-8-14(20(21,22)23)18(24)26-10-13/h4,7-10H,2-3,5-6,11-12H2,1H3,(H2,24,26)/t19-/m1/s1. The zero-order chi connectivity index (χ0) is 21.1. The van der Waals surface area contributed by atoms with Crippen LogP contribution in [0.4, 0.5) is 19.0 Å². The second-order valence-electron chi connectivity index (χ2n) is 8.24. The molecule has 0 radical (unpaired) electrons. The van der Waals surface area contributed by atoms with Gasteiger partial charge >= 0.3 is 6.18 Å². The molecule has 0 bridgehead atoms. The topological polar surface area (TPSA) is 77.8 Å². The third kappa shape index (κ3) is 3.06. The summed E-state index contributed by atoms with van der Waals surface area (Å²) in [6, 6.07) is 2.96. The first-order chi connectivity index (χ1) is 14.2. The Morgan fingerprint density at radius 2 is 1.97 bits per heavy atom. The van der Waals surface area contributed by atoms with Crippen LogP contribution in [0.25, 0.3) is 11.3 Å². The van der Waals surface area contributed by atoms with Gasteiger partial charge < -0.3 is 10.3 Å². The number of nitrogen functional groups attached to an aromatic ring is 1. The molecule has 0 unspecified atom stereocenters. The molecule has 2 N–H and O–H groups in total. The van der Waals surface area contributed by atoms with Crippen LogP contribution in [0.15, 0.2) is 30.7 Å². The Kier molecular flexibility index (Phi) is 4.18. The number of aromatic nitrogens is 5. The third-order valence-electron chi connectivity index (χ3n) is 6.36. The van der Waals surface area contributed by atoms with E-state index in [2.05, 4.69) is 20.0 Å². The van der Waals surface area contributed by atoms with Crippen molar-refractivity contribution < 1.29 is 13.2 Å². The first-order valence-corrected chi connectivity index (χ1v) is 9.85. The number of anilines is 1. The van der Waals surface area contributed by atoms with Gasteiger partial charge in [0.05, 0.1) is 17.8 Å². The largest absolute Gasteiger partial charge is 0.419 e. The van der Waals surface area contributed by atoms with Crippen LogP contribution in [-0.4, -0.2) is 42.3 Å². The van der Waals surface area contributed by atoms with E-state index in [4.69, 9.17) is 5.73 Å². The fraction of sp³-hybridized carbons (Fsp3) is 0.450. The molecular formula is C20H22F3N7. The van der Waals surface area contributed by atoms with Gasteiger partial charge in [0.15, 0.2) is 0 Å². The third-order valence-corrected chi connectivity index (χ3v) is 6.36. The van der Waals surface area contributed by atoms with Gasteiger partial charge in [-0.15, -0.1) is 0 Å². The smallest absolute Gasteiger partial charge is 0.383 e. The quantitative estimate of drug-likeness (QED) is 0.709. The van der Waals surface area contributed by atoms with Crippen LogP contribution >= 0.6 is 0 Å². The Hall–Kier alpha value is -2.88. The molecule has 0 amide bonds. The minimum atomic E-state index is -4.55. The van der Waals surface area contributed by atoms with Crippen LogP contribution in [0.3, 0.4) is 0 Å².